The van der Waals surface area contributed by atoms with Crippen LogP contribution >= 0.6 is 11.3 Å². The van der Waals surface area contributed by atoms with E-state index in [1.54, 1.807) is 29.7 Å². The molecule has 1 N–H and O–H groups in total. The summed E-state index contributed by atoms with van der Waals surface area (Å²) in [7, 11) is 0. The third-order valence-electron chi connectivity index (χ3n) is 4.14. The van der Waals surface area contributed by atoms with Crippen molar-refractivity contribution >= 4 is 22.5 Å². The number of carbonyl (C=O) groups is 1. The second-order valence-electron chi connectivity index (χ2n) is 5.69. The van der Waals surface area contributed by atoms with Gasteiger partial charge in [0.2, 0.25) is 0 Å². The lowest BCUT2D eigenvalue weighted by Gasteiger charge is -2.35. The van der Waals surface area contributed by atoms with Crippen LogP contribution in [0.5, 0.6) is 0 Å². The fourth-order valence-electron chi connectivity index (χ4n) is 2.68. The van der Waals surface area contributed by atoms with Crippen molar-refractivity contribution in [3.8, 4) is 6.07 Å². The summed E-state index contributed by atoms with van der Waals surface area (Å²) in [5.74, 6) is 0. The van der Waals surface area contributed by atoms with E-state index in [-0.39, 0.29) is 12.1 Å². The average Bonchev–Trinajstić information content (AvgIpc) is 3.16. The Morgan fingerprint density at radius 2 is 2.00 bits per heavy atom. The van der Waals surface area contributed by atoms with Crippen LogP contribution in [0.25, 0.3) is 0 Å². The van der Waals surface area contributed by atoms with Crippen molar-refractivity contribution in [3.63, 3.8) is 0 Å². The molecule has 0 radical (unpaired) electrons. The normalized spacial score (nSPS) is 15.7. The van der Waals surface area contributed by atoms with Gasteiger partial charge in [-0.1, -0.05) is 12.1 Å². The highest BCUT2D eigenvalue weighted by atomic mass is 32.1. The molecule has 1 fully saturated rings. The number of benzene rings is 1. The molecule has 124 valence electrons. The molecule has 2 heterocycles. The molecule has 0 spiro atoms. The first kappa shape index (κ1) is 16.3. The fraction of sp³-hybridized carbons (Fsp3) is 0.353. The number of amides is 2. The van der Waals surface area contributed by atoms with Crippen molar-refractivity contribution in [3.05, 3.63) is 47.0 Å². The molecular formula is C17H19N5OS. The van der Waals surface area contributed by atoms with E-state index in [1.165, 1.54) is 0 Å². The minimum atomic E-state index is -0.0952. The van der Waals surface area contributed by atoms with Gasteiger partial charge in [0.25, 0.3) is 0 Å². The maximum absolute atomic E-state index is 12.4. The highest BCUT2D eigenvalue weighted by Crippen LogP contribution is 2.19. The zero-order valence-corrected chi connectivity index (χ0v) is 14.3. The number of thiazole rings is 1. The second kappa shape index (κ2) is 7.32. The second-order valence-corrected chi connectivity index (χ2v) is 6.57. The van der Waals surface area contributed by atoms with Crippen molar-refractivity contribution in [1.29, 1.82) is 5.26 Å². The van der Waals surface area contributed by atoms with E-state index in [0.717, 1.165) is 23.8 Å². The number of aromatic nitrogens is 1. The maximum Gasteiger partial charge on any atom is 0.317 e. The summed E-state index contributed by atoms with van der Waals surface area (Å²) in [6.45, 7) is 4.92. The Morgan fingerprint density at radius 1 is 1.29 bits per heavy atom. The van der Waals surface area contributed by atoms with E-state index in [1.807, 2.05) is 29.3 Å². The van der Waals surface area contributed by atoms with Gasteiger partial charge >= 0.3 is 6.03 Å². The number of anilines is 1. The van der Waals surface area contributed by atoms with Crippen LogP contribution in [0, 0.1) is 11.3 Å². The van der Waals surface area contributed by atoms with Crippen molar-refractivity contribution in [2.45, 2.75) is 13.0 Å². The van der Waals surface area contributed by atoms with Crippen LogP contribution in [-0.4, -0.2) is 42.1 Å². The predicted octanol–water partition coefficient (Wildman–Crippen LogP) is 2.61. The summed E-state index contributed by atoms with van der Waals surface area (Å²) < 4.78 is 0. The van der Waals surface area contributed by atoms with Gasteiger partial charge in [-0.2, -0.15) is 5.26 Å². The lowest BCUT2D eigenvalue weighted by Crippen LogP contribution is -2.52. The van der Waals surface area contributed by atoms with Crippen LogP contribution in [0.15, 0.2) is 35.8 Å². The first-order chi connectivity index (χ1) is 11.7. The molecule has 0 bridgehead atoms. The number of carbonyl (C=O) groups excluding carboxylic acids is 1. The molecule has 0 aliphatic carbocycles. The fourth-order valence-corrected chi connectivity index (χ4v) is 3.38. The Bertz CT molecular complexity index is 714. The Kier molecular flexibility index (Phi) is 4.96. The van der Waals surface area contributed by atoms with Crippen LogP contribution in [0.1, 0.15) is 24.1 Å². The van der Waals surface area contributed by atoms with Gasteiger partial charge in [0, 0.05) is 37.8 Å². The third kappa shape index (κ3) is 3.66. The summed E-state index contributed by atoms with van der Waals surface area (Å²) >= 11 is 1.62. The first-order valence-corrected chi connectivity index (χ1v) is 8.75. The summed E-state index contributed by atoms with van der Waals surface area (Å²) in [6, 6.07) is 9.25. The maximum atomic E-state index is 12.4. The molecule has 2 amide bonds. The van der Waals surface area contributed by atoms with Crippen LogP contribution in [0.4, 0.5) is 9.93 Å². The van der Waals surface area contributed by atoms with Gasteiger partial charge in [0.05, 0.1) is 17.7 Å². The summed E-state index contributed by atoms with van der Waals surface area (Å²) in [5, 5.41) is 14.8. The molecule has 24 heavy (non-hydrogen) atoms. The van der Waals surface area contributed by atoms with Gasteiger partial charge in [-0.15, -0.1) is 11.3 Å². The molecule has 1 aliphatic rings. The van der Waals surface area contributed by atoms with Gasteiger partial charge in [0.15, 0.2) is 5.13 Å². The van der Waals surface area contributed by atoms with Crippen LogP contribution in [0.3, 0.4) is 0 Å². The molecule has 2 aromatic rings. The SMILES string of the molecule is C[C@H](NC(=O)N1CCN(c2nccs2)CC1)c1ccc(C#N)cc1. The molecule has 1 aromatic carbocycles. The van der Waals surface area contributed by atoms with E-state index in [9.17, 15) is 4.79 Å². The number of hydrogen-bond donors (Lipinski definition) is 1. The molecule has 6 nitrogen and oxygen atoms in total. The van der Waals surface area contributed by atoms with Gasteiger partial charge in [-0.25, -0.2) is 9.78 Å². The first-order valence-electron chi connectivity index (χ1n) is 7.87. The van der Waals surface area contributed by atoms with Crippen molar-refractivity contribution in [2.24, 2.45) is 0 Å². The Balaban J connectivity index is 1.52. The smallest absolute Gasteiger partial charge is 0.317 e. The van der Waals surface area contributed by atoms with E-state index in [0.29, 0.717) is 18.7 Å². The molecule has 3 rings (SSSR count). The van der Waals surface area contributed by atoms with Crippen molar-refractivity contribution in [2.75, 3.05) is 31.1 Å². The van der Waals surface area contributed by atoms with Gasteiger partial charge in [-0.3, -0.25) is 0 Å². The van der Waals surface area contributed by atoms with E-state index in [2.05, 4.69) is 21.3 Å². The Morgan fingerprint density at radius 3 is 2.58 bits per heavy atom. The van der Waals surface area contributed by atoms with Crippen molar-refractivity contribution < 1.29 is 4.79 Å². The van der Waals surface area contributed by atoms with E-state index < -0.39 is 0 Å². The molecule has 7 heteroatoms. The van der Waals surface area contributed by atoms with Crippen LogP contribution < -0.4 is 10.2 Å². The summed E-state index contributed by atoms with van der Waals surface area (Å²) in [5.41, 5.74) is 1.61. The lowest BCUT2D eigenvalue weighted by molar-refractivity contribution is 0.191. The summed E-state index contributed by atoms with van der Waals surface area (Å²) in [6.07, 6.45) is 1.80. The highest BCUT2D eigenvalue weighted by molar-refractivity contribution is 7.13. The largest absolute Gasteiger partial charge is 0.345 e. The number of hydrogen-bond acceptors (Lipinski definition) is 5. The quantitative estimate of drug-likeness (QED) is 0.931. The molecule has 1 aliphatic heterocycles. The number of nitrogens with one attached hydrogen (secondary N) is 1. The average molecular weight is 341 g/mol. The summed E-state index contributed by atoms with van der Waals surface area (Å²) in [4.78, 5) is 20.8. The Hall–Kier alpha value is -2.59. The Labute approximate surface area is 145 Å². The zero-order chi connectivity index (χ0) is 16.9. The van der Waals surface area contributed by atoms with Crippen LogP contribution in [0.2, 0.25) is 0 Å². The minimum Gasteiger partial charge on any atom is -0.345 e. The molecular weight excluding hydrogens is 322 g/mol. The highest BCUT2D eigenvalue weighted by Gasteiger charge is 2.23. The third-order valence-corrected chi connectivity index (χ3v) is 4.97. The van der Waals surface area contributed by atoms with E-state index in [4.69, 9.17) is 5.26 Å². The number of urea groups is 1. The monoisotopic (exact) mass is 341 g/mol. The molecule has 1 saturated heterocycles. The van der Waals surface area contributed by atoms with E-state index >= 15 is 0 Å². The molecule has 0 saturated carbocycles. The zero-order valence-electron chi connectivity index (χ0n) is 13.5. The molecule has 1 atom stereocenters. The molecule has 1 aromatic heterocycles. The minimum absolute atomic E-state index is 0.0503. The number of nitrogens with zero attached hydrogens (tertiary/aromatic N) is 4. The van der Waals surface area contributed by atoms with Gasteiger partial charge < -0.3 is 15.1 Å². The standard InChI is InChI=1S/C17H19N5OS/c1-13(15-4-2-14(12-18)3-5-15)20-16(23)21-7-9-22(10-8-21)17-19-6-11-24-17/h2-6,11,13H,7-10H2,1H3,(H,20,23)/t13-/m0/s1. The van der Waals surface area contributed by atoms with Gasteiger partial charge in [-0.05, 0) is 24.6 Å². The van der Waals surface area contributed by atoms with Gasteiger partial charge in [0.1, 0.15) is 0 Å². The number of piperazine rings is 1. The predicted molar refractivity (Wildman–Crippen MR) is 94.0 cm³/mol. The number of rotatable bonds is 3. The van der Waals surface area contributed by atoms with Crippen molar-refractivity contribution in [1.82, 2.24) is 15.2 Å². The number of nitriles is 1. The molecule has 0 unspecified atom stereocenters. The van der Waals surface area contributed by atoms with Crippen LogP contribution in [-0.2, 0) is 0 Å². The lowest BCUT2D eigenvalue weighted by atomic mass is 10.1. The topological polar surface area (TPSA) is 72.3 Å².